The first-order valence-electron chi connectivity index (χ1n) is 6.30. The number of esters is 1. The summed E-state index contributed by atoms with van der Waals surface area (Å²) in [6, 6.07) is 14.2. The van der Waals surface area contributed by atoms with E-state index in [0.29, 0.717) is 5.69 Å². The van der Waals surface area contributed by atoms with Gasteiger partial charge in [-0.25, -0.2) is 4.79 Å². The second-order valence-corrected chi connectivity index (χ2v) is 4.09. The number of hydrogen-bond acceptors (Lipinski definition) is 4. The van der Waals surface area contributed by atoms with Crippen molar-refractivity contribution in [2.24, 2.45) is 4.99 Å². The van der Waals surface area contributed by atoms with Gasteiger partial charge in [0.25, 0.3) is 0 Å². The molecule has 2 rings (SSSR count). The first-order valence-corrected chi connectivity index (χ1v) is 6.30. The summed E-state index contributed by atoms with van der Waals surface area (Å²) in [7, 11) is 0. The van der Waals surface area contributed by atoms with Gasteiger partial charge >= 0.3 is 5.97 Å². The van der Waals surface area contributed by atoms with Crippen LogP contribution in [0.25, 0.3) is 0 Å². The van der Waals surface area contributed by atoms with E-state index < -0.39 is 5.97 Å². The molecule has 0 heterocycles. The topological polar surface area (TPSA) is 58.9 Å². The molecule has 0 unspecified atom stereocenters. The Hall–Kier alpha value is -2.62. The molecule has 1 N–H and O–H groups in total. The number of ether oxygens (including phenoxy) is 1. The van der Waals surface area contributed by atoms with Crippen molar-refractivity contribution in [1.82, 2.24) is 0 Å². The van der Waals surface area contributed by atoms with Crippen molar-refractivity contribution in [2.45, 2.75) is 6.92 Å². The Bertz CT molecular complexity index is 621. The molecule has 0 aliphatic heterocycles. The molecule has 102 valence electrons. The molecule has 0 saturated carbocycles. The summed E-state index contributed by atoms with van der Waals surface area (Å²) in [5.74, 6) is -0.663. The van der Waals surface area contributed by atoms with E-state index in [1.54, 1.807) is 19.2 Å². The lowest BCUT2D eigenvalue weighted by Gasteiger charge is -2.04. The van der Waals surface area contributed by atoms with Gasteiger partial charge in [-0.3, -0.25) is 4.99 Å². The number of phenols is 1. The molecule has 2 aromatic rings. The number of aromatic hydroxyl groups is 1. The Labute approximate surface area is 117 Å². The number of phenolic OH excluding ortho intramolecular Hbond substituents is 1. The Balaban J connectivity index is 2.23. The van der Waals surface area contributed by atoms with Crippen LogP contribution in [0.3, 0.4) is 0 Å². The molecule has 0 saturated heterocycles. The zero-order valence-electron chi connectivity index (χ0n) is 11.1. The maximum absolute atomic E-state index is 11.7. The molecule has 4 nitrogen and oxygen atoms in total. The minimum atomic E-state index is -0.554. The van der Waals surface area contributed by atoms with Crippen LogP contribution < -0.4 is 0 Å². The van der Waals surface area contributed by atoms with Crippen molar-refractivity contribution in [2.75, 3.05) is 6.61 Å². The van der Waals surface area contributed by atoms with Crippen LogP contribution in [0.5, 0.6) is 5.75 Å². The van der Waals surface area contributed by atoms with Crippen LogP contribution in [-0.4, -0.2) is 23.9 Å². The number of nitrogens with zero attached hydrogens (tertiary/aromatic N) is 1. The van der Waals surface area contributed by atoms with Gasteiger partial charge in [-0.1, -0.05) is 30.3 Å². The molecule has 0 amide bonds. The molecule has 20 heavy (non-hydrogen) atoms. The molecule has 0 radical (unpaired) electrons. The van der Waals surface area contributed by atoms with Crippen LogP contribution in [0.15, 0.2) is 53.5 Å². The fraction of sp³-hybridized carbons (Fsp3) is 0.125. The normalized spacial score (nSPS) is 10.7. The average molecular weight is 269 g/mol. The summed E-state index contributed by atoms with van der Waals surface area (Å²) in [5.41, 5.74) is 1.66. The SMILES string of the molecule is CCOC(=O)c1cc(N=Cc2ccccc2)ccc1O. The number of carbonyl (C=O) groups excluding carboxylic acids is 1. The lowest BCUT2D eigenvalue weighted by molar-refractivity contribution is 0.0523. The Morgan fingerprint density at radius 2 is 2.00 bits per heavy atom. The Morgan fingerprint density at radius 1 is 1.25 bits per heavy atom. The van der Waals surface area contributed by atoms with E-state index in [1.807, 2.05) is 30.3 Å². The first-order chi connectivity index (χ1) is 9.70. The second-order valence-electron chi connectivity index (χ2n) is 4.09. The van der Waals surface area contributed by atoms with Gasteiger partial charge in [-0.15, -0.1) is 0 Å². The summed E-state index contributed by atoms with van der Waals surface area (Å²) in [6.45, 7) is 1.97. The third-order valence-corrected chi connectivity index (χ3v) is 2.64. The lowest BCUT2D eigenvalue weighted by atomic mass is 10.2. The maximum atomic E-state index is 11.7. The van der Waals surface area contributed by atoms with E-state index in [1.165, 1.54) is 12.1 Å². The summed E-state index contributed by atoms with van der Waals surface area (Å²) >= 11 is 0. The third kappa shape index (κ3) is 3.45. The fourth-order valence-corrected chi connectivity index (χ4v) is 1.66. The van der Waals surface area contributed by atoms with Crippen molar-refractivity contribution < 1.29 is 14.6 Å². The van der Waals surface area contributed by atoms with Gasteiger partial charge in [0.05, 0.1) is 12.3 Å². The quantitative estimate of drug-likeness (QED) is 0.684. The van der Waals surface area contributed by atoms with Gasteiger partial charge in [0.1, 0.15) is 11.3 Å². The number of rotatable bonds is 4. The number of hydrogen-bond donors (Lipinski definition) is 1. The summed E-state index contributed by atoms with van der Waals surface area (Å²) in [6.07, 6.45) is 1.70. The molecule has 2 aromatic carbocycles. The van der Waals surface area contributed by atoms with E-state index in [-0.39, 0.29) is 17.9 Å². The summed E-state index contributed by atoms with van der Waals surface area (Å²) in [5, 5.41) is 9.66. The Kier molecular flexibility index (Phi) is 4.50. The van der Waals surface area contributed by atoms with Crippen molar-refractivity contribution in [3.8, 4) is 5.75 Å². The second kappa shape index (κ2) is 6.52. The molecule has 0 aromatic heterocycles. The van der Waals surface area contributed by atoms with Gasteiger partial charge in [-0.2, -0.15) is 0 Å². The van der Waals surface area contributed by atoms with E-state index in [4.69, 9.17) is 4.74 Å². The van der Waals surface area contributed by atoms with Gasteiger partial charge in [0.15, 0.2) is 0 Å². The minimum Gasteiger partial charge on any atom is -0.507 e. The average Bonchev–Trinajstić information content (AvgIpc) is 2.47. The molecule has 0 bridgehead atoms. The highest BCUT2D eigenvalue weighted by molar-refractivity contribution is 5.93. The highest BCUT2D eigenvalue weighted by Gasteiger charge is 2.12. The molecule has 0 aliphatic carbocycles. The number of aliphatic imine (C=N–C) groups is 1. The van der Waals surface area contributed by atoms with Crippen molar-refractivity contribution >= 4 is 17.9 Å². The first kappa shape index (κ1) is 13.8. The molecule has 0 fully saturated rings. The van der Waals surface area contributed by atoms with Crippen LogP contribution in [0.4, 0.5) is 5.69 Å². The molecule has 4 heteroatoms. The molecular formula is C16H15NO3. The Morgan fingerprint density at radius 3 is 2.70 bits per heavy atom. The van der Waals surface area contributed by atoms with E-state index in [2.05, 4.69) is 4.99 Å². The summed E-state index contributed by atoms with van der Waals surface area (Å²) in [4.78, 5) is 15.9. The maximum Gasteiger partial charge on any atom is 0.341 e. The van der Waals surface area contributed by atoms with Crippen LogP contribution in [0.2, 0.25) is 0 Å². The molecule has 0 aliphatic rings. The van der Waals surface area contributed by atoms with E-state index in [0.717, 1.165) is 5.56 Å². The zero-order chi connectivity index (χ0) is 14.4. The highest BCUT2D eigenvalue weighted by atomic mass is 16.5. The van der Waals surface area contributed by atoms with Crippen LogP contribution in [-0.2, 0) is 4.74 Å². The van der Waals surface area contributed by atoms with E-state index >= 15 is 0 Å². The summed E-state index contributed by atoms with van der Waals surface area (Å²) < 4.78 is 4.88. The van der Waals surface area contributed by atoms with Crippen molar-refractivity contribution in [3.63, 3.8) is 0 Å². The third-order valence-electron chi connectivity index (χ3n) is 2.64. The number of benzene rings is 2. The predicted molar refractivity (Wildman–Crippen MR) is 77.8 cm³/mol. The predicted octanol–water partition coefficient (Wildman–Crippen LogP) is 3.32. The van der Waals surface area contributed by atoms with E-state index in [9.17, 15) is 9.90 Å². The zero-order valence-corrected chi connectivity index (χ0v) is 11.1. The van der Waals surface area contributed by atoms with Crippen LogP contribution >= 0.6 is 0 Å². The van der Waals surface area contributed by atoms with Crippen LogP contribution in [0, 0.1) is 0 Å². The van der Waals surface area contributed by atoms with Gasteiger partial charge in [0, 0.05) is 6.21 Å². The molecular weight excluding hydrogens is 254 g/mol. The van der Waals surface area contributed by atoms with Gasteiger partial charge < -0.3 is 9.84 Å². The highest BCUT2D eigenvalue weighted by Crippen LogP contribution is 2.24. The minimum absolute atomic E-state index is 0.109. The standard InChI is InChI=1S/C16H15NO3/c1-2-20-16(19)14-10-13(8-9-15(14)18)17-11-12-6-4-3-5-7-12/h3-11,18H,2H2,1H3. The van der Waals surface area contributed by atoms with Gasteiger partial charge in [-0.05, 0) is 30.7 Å². The van der Waals surface area contributed by atoms with Crippen molar-refractivity contribution in [1.29, 1.82) is 0 Å². The van der Waals surface area contributed by atoms with Crippen LogP contribution in [0.1, 0.15) is 22.8 Å². The molecule has 0 atom stereocenters. The van der Waals surface area contributed by atoms with Gasteiger partial charge in [0.2, 0.25) is 0 Å². The smallest absolute Gasteiger partial charge is 0.341 e. The largest absolute Gasteiger partial charge is 0.507 e. The monoisotopic (exact) mass is 269 g/mol. The molecule has 0 spiro atoms. The fourth-order valence-electron chi connectivity index (χ4n) is 1.66. The number of carbonyl (C=O) groups is 1. The lowest BCUT2D eigenvalue weighted by Crippen LogP contribution is -2.04. The van der Waals surface area contributed by atoms with Crippen molar-refractivity contribution in [3.05, 3.63) is 59.7 Å².